The Labute approximate surface area is 227 Å². The number of benzene rings is 5. The molecule has 5 nitrogen and oxygen atoms in total. The van der Waals surface area contributed by atoms with Crippen molar-refractivity contribution in [2.45, 2.75) is 38.7 Å². The molecule has 5 heteroatoms. The second kappa shape index (κ2) is 10.6. The van der Waals surface area contributed by atoms with E-state index in [1.54, 1.807) is 45.0 Å². The van der Waals surface area contributed by atoms with Gasteiger partial charge in [0.15, 0.2) is 0 Å². The molecule has 0 aliphatic carbocycles. The Bertz CT molecular complexity index is 1660. The number of hydrogen-bond acceptors (Lipinski definition) is 5. The summed E-state index contributed by atoms with van der Waals surface area (Å²) >= 11 is 0. The molecule has 196 valence electrons. The topological polar surface area (TPSA) is 72.8 Å². The van der Waals surface area contributed by atoms with Gasteiger partial charge in [-0.25, -0.2) is 0 Å². The minimum Gasteiger partial charge on any atom is -0.507 e. The number of ether oxygens (including phenoxy) is 2. The van der Waals surface area contributed by atoms with Crippen LogP contribution in [0.2, 0.25) is 0 Å². The van der Waals surface area contributed by atoms with E-state index in [0.29, 0.717) is 22.4 Å². The van der Waals surface area contributed by atoms with Gasteiger partial charge in [-0.3, -0.25) is 9.59 Å². The molecule has 0 amide bonds. The van der Waals surface area contributed by atoms with Crippen molar-refractivity contribution in [3.8, 4) is 22.6 Å². The Hall–Kier alpha value is -4.64. The van der Waals surface area contributed by atoms with Crippen molar-refractivity contribution in [3.05, 3.63) is 109 Å². The fourth-order valence-electron chi connectivity index (χ4n) is 4.87. The first-order valence-electron chi connectivity index (χ1n) is 12.9. The van der Waals surface area contributed by atoms with Gasteiger partial charge in [0, 0.05) is 11.1 Å². The number of phenols is 1. The van der Waals surface area contributed by atoms with Crippen molar-refractivity contribution in [3.63, 3.8) is 0 Å². The third-order valence-corrected chi connectivity index (χ3v) is 6.54. The van der Waals surface area contributed by atoms with E-state index >= 15 is 0 Å². The molecule has 0 spiro atoms. The number of hydrogen-bond donors (Lipinski definition) is 1. The molecule has 0 fully saturated rings. The van der Waals surface area contributed by atoms with E-state index < -0.39 is 23.5 Å². The summed E-state index contributed by atoms with van der Waals surface area (Å²) in [5, 5.41) is 14.6. The lowest BCUT2D eigenvalue weighted by atomic mass is 9.92. The number of phenolic OH excluding ortho intramolecular Hbond substituents is 1. The van der Waals surface area contributed by atoms with Crippen LogP contribution in [-0.2, 0) is 14.3 Å². The Balaban J connectivity index is 1.62. The molecule has 0 radical (unpaired) electrons. The van der Waals surface area contributed by atoms with Crippen LogP contribution in [0.1, 0.15) is 38.7 Å². The number of carbonyl (C=O) groups excluding carboxylic acids is 2. The summed E-state index contributed by atoms with van der Waals surface area (Å²) in [7, 11) is 0. The van der Waals surface area contributed by atoms with Crippen LogP contribution in [0.4, 0.5) is 0 Å². The average Bonchev–Trinajstić information content (AvgIpc) is 2.91. The monoisotopic (exact) mass is 518 g/mol. The van der Waals surface area contributed by atoms with Crippen molar-refractivity contribution in [2.24, 2.45) is 0 Å². The van der Waals surface area contributed by atoms with Gasteiger partial charge in [-0.2, -0.15) is 0 Å². The molecule has 0 saturated carbocycles. The van der Waals surface area contributed by atoms with Crippen LogP contribution in [0.15, 0.2) is 103 Å². The van der Waals surface area contributed by atoms with Crippen molar-refractivity contribution >= 4 is 33.5 Å². The normalized spacial score (nSPS) is 12.3. The van der Waals surface area contributed by atoms with Gasteiger partial charge < -0.3 is 14.6 Å². The van der Waals surface area contributed by atoms with E-state index in [1.807, 2.05) is 78.9 Å². The first-order valence-corrected chi connectivity index (χ1v) is 12.9. The van der Waals surface area contributed by atoms with Crippen LogP contribution in [0.3, 0.4) is 0 Å². The predicted molar refractivity (Wildman–Crippen MR) is 154 cm³/mol. The molecule has 0 aromatic heterocycles. The predicted octanol–water partition coefficient (Wildman–Crippen LogP) is 7.79. The van der Waals surface area contributed by atoms with Crippen molar-refractivity contribution < 1.29 is 24.2 Å². The van der Waals surface area contributed by atoms with Crippen LogP contribution >= 0.6 is 0 Å². The number of rotatable bonds is 6. The number of esters is 2. The summed E-state index contributed by atoms with van der Waals surface area (Å²) in [4.78, 5) is 26.6. The zero-order valence-electron chi connectivity index (χ0n) is 22.2. The summed E-state index contributed by atoms with van der Waals surface area (Å²) in [5.41, 5.74) is 1.17. The summed E-state index contributed by atoms with van der Waals surface area (Å²) in [5.74, 6) is -1.56. The minimum absolute atomic E-state index is 0.0794. The molecular weight excluding hydrogens is 488 g/mol. The molecule has 0 heterocycles. The van der Waals surface area contributed by atoms with Gasteiger partial charge in [0.2, 0.25) is 0 Å². The van der Waals surface area contributed by atoms with Crippen LogP contribution in [-0.4, -0.2) is 22.6 Å². The zero-order valence-corrected chi connectivity index (χ0v) is 22.2. The highest BCUT2D eigenvalue weighted by Gasteiger charge is 2.30. The largest absolute Gasteiger partial charge is 0.507 e. The molecule has 5 aromatic carbocycles. The maximum absolute atomic E-state index is 13.8. The van der Waals surface area contributed by atoms with Crippen molar-refractivity contribution in [2.75, 3.05) is 0 Å². The molecule has 0 aliphatic heterocycles. The highest BCUT2D eigenvalue weighted by Crippen LogP contribution is 2.45. The van der Waals surface area contributed by atoms with E-state index in [-0.39, 0.29) is 12.2 Å². The van der Waals surface area contributed by atoms with Crippen LogP contribution in [0, 0.1) is 0 Å². The minimum atomic E-state index is -0.874. The quantitative estimate of drug-likeness (QED) is 0.183. The molecule has 0 aliphatic rings. The summed E-state index contributed by atoms with van der Waals surface area (Å²) in [6, 6.07) is 31.8. The SMILES string of the molecule is CC(C)(C)OC(=O)C[C@@H](C(=O)Oc1ccc2ccccc2c1-c1c(O)ccc2ccccc12)c1ccccc1. The highest BCUT2D eigenvalue weighted by molar-refractivity contribution is 6.10. The zero-order chi connectivity index (χ0) is 27.6. The molecule has 0 bridgehead atoms. The first-order chi connectivity index (χ1) is 18.7. The van der Waals surface area contributed by atoms with Gasteiger partial charge in [0.25, 0.3) is 0 Å². The smallest absolute Gasteiger partial charge is 0.319 e. The van der Waals surface area contributed by atoms with Crippen LogP contribution in [0.5, 0.6) is 11.5 Å². The van der Waals surface area contributed by atoms with Crippen LogP contribution < -0.4 is 4.74 Å². The third-order valence-electron chi connectivity index (χ3n) is 6.54. The van der Waals surface area contributed by atoms with Crippen LogP contribution in [0.25, 0.3) is 32.7 Å². The second-order valence-corrected chi connectivity index (χ2v) is 10.5. The Morgan fingerprint density at radius 3 is 1.92 bits per heavy atom. The Morgan fingerprint density at radius 1 is 0.718 bits per heavy atom. The maximum Gasteiger partial charge on any atom is 0.319 e. The molecule has 1 atom stereocenters. The highest BCUT2D eigenvalue weighted by atomic mass is 16.6. The Kier molecular flexibility index (Phi) is 7.07. The molecule has 39 heavy (non-hydrogen) atoms. The van der Waals surface area contributed by atoms with Gasteiger partial charge >= 0.3 is 11.9 Å². The van der Waals surface area contributed by atoms with Gasteiger partial charge in [-0.05, 0) is 60.0 Å². The molecule has 0 saturated heterocycles. The van der Waals surface area contributed by atoms with E-state index in [2.05, 4.69) is 0 Å². The molecule has 5 aromatic rings. The fraction of sp³-hybridized carbons (Fsp3) is 0.176. The number of carbonyl (C=O) groups is 2. The molecule has 0 unspecified atom stereocenters. The maximum atomic E-state index is 13.8. The Morgan fingerprint density at radius 2 is 1.28 bits per heavy atom. The molecular formula is C34H30O5. The van der Waals surface area contributed by atoms with Crippen molar-refractivity contribution in [1.29, 1.82) is 0 Å². The molecule has 5 rings (SSSR count). The number of fused-ring (bicyclic) bond motifs is 2. The summed E-state index contributed by atoms with van der Waals surface area (Å²) < 4.78 is 11.6. The first kappa shape index (κ1) is 26.0. The fourth-order valence-corrected chi connectivity index (χ4v) is 4.87. The van der Waals surface area contributed by atoms with Gasteiger partial charge in [-0.1, -0.05) is 91.0 Å². The lowest BCUT2D eigenvalue weighted by molar-refractivity contribution is -0.157. The average molecular weight is 519 g/mol. The van der Waals surface area contributed by atoms with E-state index in [4.69, 9.17) is 9.47 Å². The van der Waals surface area contributed by atoms with E-state index in [1.165, 1.54) is 0 Å². The summed E-state index contributed by atoms with van der Waals surface area (Å²) in [6.07, 6.45) is -0.164. The van der Waals surface area contributed by atoms with Gasteiger partial charge in [-0.15, -0.1) is 0 Å². The van der Waals surface area contributed by atoms with Gasteiger partial charge in [0.1, 0.15) is 17.1 Å². The second-order valence-electron chi connectivity index (χ2n) is 10.5. The standard InChI is InChI=1S/C34H30O5/c1-34(2,3)39-30(36)21-27(22-11-5-4-6-12-22)33(37)38-29-20-18-24-14-8-10-16-26(24)32(29)31-25-15-9-7-13-23(25)17-19-28(31)35/h4-20,27,35H,21H2,1-3H3/t27-/m1/s1. The van der Waals surface area contributed by atoms with Gasteiger partial charge in [0.05, 0.1) is 12.3 Å². The van der Waals surface area contributed by atoms with Crippen molar-refractivity contribution in [1.82, 2.24) is 0 Å². The lowest BCUT2D eigenvalue weighted by Crippen LogP contribution is -2.28. The number of aromatic hydroxyl groups is 1. The lowest BCUT2D eigenvalue weighted by Gasteiger charge is -2.22. The molecule has 1 N–H and O–H groups in total. The van der Waals surface area contributed by atoms with E-state index in [0.717, 1.165) is 21.5 Å². The van der Waals surface area contributed by atoms with E-state index in [9.17, 15) is 14.7 Å². The summed E-state index contributed by atoms with van der Waals surface area (Å²) in [6.45, 7) is 5.37. The third kappa shape index (κ3) is 5.63.